The molecule has 0 aliphatic heterocycles. The van der Waals surface area contributed by atoms with Gasteiger partial charge in [0.2, 0.25) is 0 Å². The summed E-state index contributed by atoms with van der Waals surface area (Å²) < 4.78 is 10.7. The summed E-state index contributed by atoms with van der Waals surface area (Å²) >= 11 is 1.71. The van der Waals surface area contributed by atoms with Crippen LogP contribution >= 0.6 is 11.3 Å². The quantitative estimate of drug-likeness (QED) is 0.901. The number of nitrogens with two attached hydrogens (primary N) is 1. The van der Waals surface area contributed by atoms with Gasteiger partial charge in [0.1, 0.15) is 18.1 Å². The summed E-state index contributed by atoms with van der Waals surface area (Å²) in [6.07, 6.45) is 0. The molecule has 0 aliphatic carbocycles. The van der Waals surface area contributed by atoms with Gasteiger partial charge in [-0.15, -0.1) is 11.3 Å². The molecule has 96 valence electrons. The molecule has 4 heteroatoms. The minimum atomic E-state index is -0.0780. The number of hydrogen-bond acceptors (Lipinski definition) is 4. The van der Waals surface area contributed by atoms with Crippen molar-refractivity contribution in [1.82, 2.24) is 0 Å². The molecule has 0 aliphatic rings. The molecular formula is C14H17NO2S. The van der Waals surface area contributed by atoms with Crippen molar-refractivity contribution in [3.63, 3.8) is 0 Å². The highest BCUT2D eigenvalue weighted by Crippen LogP contribution is 2.23. The van der Waals surface area contributed by atoms with Crippen LogP contribution in [0.2, 0.25) is 0 Å². The van der Waals surface area contributed by atoms with Crippen molar-refractivity contribution in [2.45, 2.75) is 13.0 Å². The fraction of sp³-hybridized carbons (Fsp3) is 0.286. The van der Waals surface area contributed by atoms with Crippen molar-refractivity contribution >= 4 is 11.3 Å². The lowest BCUT2D eigenvalue weighted by atomic mass is 10.2. The maximum Gasteiger partial charge on any atom is 0.119 e. The molecule has 3 nitrogen and oxygen atoms in total. The van der Waals surface area contributed by atoms with Gasteiger partial charge in [0.05, 0.1) is 13.2 Å². The molecule has 1 heterocycles. The molecule has 0 saturated heterocycles. The Morgan fingerprint density at radius 1 is 1.11 bits per heavy atom. The van der Waals surface area contributed by atoms with Crippen LogP contribution in [-0.2, 0) is 0 Å². The van der Waals surface area contributed by atoms with Gasteiger partial charge in [0, 0.05) is 9.75 Å². The molecule has 0 amide bonds. The van der Waals surface area contributed by atoms with Crippen LogP contribution in [0.25, 0.3) is 0 Å². The Morgan fingerprint density at radius 2 is 1.78 bits per heavy atom. The summed E-state index contributed by atoms with van der Waals surface area (Å²) in [6.45, 7) is 2.55. The third kappa shape index (κ3) is 3.24. The number of aryl methyl sites for hydroxylation is 1. The first-order valence-corrected chi connectivity index (χ1v) is 6.59. The predicted molar refractivity (Wildman–Crippen MR) is 74.5 cm³/mol. The van der Waals surface area contributed by atoms with Crippen LogP contribution in [0, 0.1) is 6.92 Å². The molecule has 1 aromatic carbocycles. The van der Waals surface area contributed by atoms with Gasteiger partial charge in [-0.3, -0.25) is 0 Å². The lowest BCUT2D eigenvalue weighted by Crippen LogP contribution is -2.17. The number of thiophene rings is 1. The number of ether oxygens (including phenoxy) is 2. The van der Waals surface area contributed by atoms with E-state index in [0.29, 0.717) is 6.61 Å². The van der Waals surface area contributed by atoms with Gasteiger partial charge in [-0.05, 0) is 43.3 Å². The van der Waals surface area contributed by atoms with E-state index in [4.69, 9.17) is 15.2 Å². The van der Waals surface area contributed by atoms with E-state index < -0.39 is 0 Å². The van der Waals surface area contributed by atoms with E-state index in [1.165, 1.54) is 4.88 Å². The van der Waals surface area contributed by atoms with Gasteiger partial charge in [0.25, 0.3) is 0 Å². The van der Waals surface area contributed by atoms with E-state index in [2.05, 4.69) is 19.1 Å². The van der Waals surface area contributed by atoms with E-state index in [1.54, 1.807) is 18.4 Å². The molecule has 0 fully saturated rings. The summed E-state index contributed by atoms with van der Waals surface area (Å²) in [4.78, 5) is 2.42. The highest BCUT2D eigenvalue weighted by atomic mass is 32.1. The van der Waals surface area contributed by atoms with Crippen LogP contribution in [0.5, 0.6) is 11.5 Å². The van der Waals surface area contributed by atoms with Crippen LogP contribution < -0.4 is 15.2 Å². The molecule has 2 N–H and O–H groups in total. The third-order valence-corrected chi connectivity index (χ3v) is 3.75. The number of methoxy groups -OCH3 is 1. The standard InChI is InChI=1S/C14H17NO2S/c1-10-3-8-14(18-10)13(15)9-17-12-6-4-11(16-2)5-7-12/h3-8,13H,9,15H2,1-2H3. The Balaban J connectivity index is 1.90. The van der Waals surface area contributed by atoms with Crippen LogP contribution in [0.15, 0.2) is 36.4 Å². The first-order valence-electron chi connectivity index (χ1n) is 5.78. The average Bonchev–Trinajstić information content (AvgIpc) is 2.83. The molecule has 0 spiro atoms. The first-order chi connectivity index (χ1) is 8.69. The fourth-order valence-corrected chi connectivity index (χ4v) is 2.46. The van der Waals surface area contributed by atoms with Crippen LogP contribution in [0.1, 0.15) is 15.8 Å². The van der Waals surface area contributed by atoms with E-state index >= 15 is 0 Å². The Labute approximate surface area is 111 Å². The normalized spacial score (nSPS) is 12.2. The molecule has 1 atom stereocenters. The topological polar surface area (TPSA) is 44.5 Å². The monoisotopic (exact) mass is 263 g/mol. The van der Waals surface area contributed by atoms with Gasteiger partial charge >= 0.3 is 0 Å². The van der Waals surface area contributed by atoms with E-state index in [-0.39, 0.29) is 6.04 Å². The smallest absolute Gasteiger partial charge is 0.119 e. The second-order valence-corrected chi connectivity index (χ2v) is 5.36. The highest BCUT2D eigenvalue weighted by Gasteiger charge is 2.09. The van der Waals surface area contributed by atoms with Crippen LogP contribution in [0.4, 0.5) is 0 Å². The van der Waals surface area contributed by atoms with Gasteiger partial charge in [-0.25, -0.2) is 0 Å². The van der Waals surface area contributed by atoms with Gasteiger partial charge in [-0.1, -0.05) is 0 Å². The fourth-order valence-electron chi connectivity index (χ4n) is 1.59. The Hall–Kier alpha value is -1.52. The lowest BCUT2D eigenvalue weighted by molar-refractivity contribution is 0.291. The minimum absolute atomic E-state index is 0.0780. The molecule has 18 heavy (non-hydrogen) atoms. The van der Waals surface area contributed by atoms with E-state index in [0.717, 1.165) is 16.4 Å². The average molecular weight is 263 g/mol. The minimum Gasteiger partial charge on any atom is -0.497 e. The molecule has 0 radical (unpaired) electrons. The first kappa shape index (κ1) is 12.9. The zero-order valence-corrected chi connectivity index (χ0v) is 11.4. The van der Waals surface area contributed by atoms with Crippen molar-refractivity contribution in [3.8, 4) is 11.5 Å². The maximum atomic E-state index is 6.07. The van der Waals surface area contributed by atoms with Crippen molar-refractivity contribution in [3.05, 3.63) is 46.2 Å². The number of rotatable bonds is 5. The maximum absolute atomic E-state index is 6.07. The number of hydrogen-bond donors (Lipinski definition) is 1. The van der Waals surface area contributed by atoms with Crippen molar-refractivity contribution in [2.75, 3.05) is 13.7 Å². The largest absolute Gasteiger partial charge is 0.497 e. The van der Waals surface area contributed by atoms with Crippen molar-refractivity contribution in [1.29, 1.82) is 0 Å². The second-order valence-electron chi connectivity index (χ2n) is 4.04. The molecule has 1 aromatic heterocycles. The summed E-state index contributed by atoms with van der Waals surface area (Å²) in [5.41, 5.74) is 6.07. The molecule has 0 bridgehead atoms. The summed E-state index contributed by atoms with van der Waals surface area (Å²) in [5.74, 6) is 1.63. The Morgan fingerprint density at radius 3 is 2.33 bits per heavy atom. The lowest BCUT2D eigenvalue weighted by Gasteiger charge is -2.12. The molecule has 2 aromatic rings. The molecular weight excluding hydrogens is 246 g/mol. The van der Waals surface area contributed by atoms with Gasteiger partial charge < -0.3 is 15.2 Å². The van der Waals surface area contributed by atoms with Crippen LogP contribution in [0.3, 0.4) is 0 Å². The number of benzene rings is 1. The summed E-state index contributed by atoms with van der Waals surface area (Å²) in [7, 11) is 1.64. The van der Waals surface area contributed by atoms with Crippen LogP contribution in [-0.4, -0.2) is 13.7 Å². The third-order valence-electron chi connectivity index (χ3n) is 2.62. The zero-order valence-electron chi connectivity index (χ0n) is 10.6. The van der Waals surface area contributed by atoms with E-state index in [9.17, 15) is 0 Å². The van der Waals surface area contributed by atoms with Crippen molar-refractivity contribution in [2.24, 2.45) is 5.73 Å². The SMILES string of the molecule is COc1ccc(OCC(N)c2ccc(C)s2)cc1. The van der Waals surface area contributed by atoms with Crippen molar-refractivity contribution < 1.29 is 9.47 Å². The summed E-state index contributed by atoms with van der Waals surface area (Å²) in [6, 6.07) is 11.6. The molecule has 0 saturated carbocycles. The summed E-state index contributed by atoms with van der Waals surface area (Å²) in [5, 5.41) is 0. The molecule has 1 unspecified atom stereocenters. The predicted octanol–water partition coefficient (Wildman–Crippen LogP) is 3.14. The van der Waals surface area contributed by atoms with Gasteiger partial charge in [0.15, 0.2) is 0 Å². The zero-order chi connectivity index (χ0) is 13.0. The Kier molecular flexibility index (Phi) is 4.23. The van der Waals surface area contributed by atoms with Gasteiger partial charge in [-0.2, -0.15) is 0 Å². The van der Waals surface area contributed by atoms with E-state index in [1.807, 2.05) is 24.3 Å². The Bertz CT molecular complexity index is 493. The highest BCUT2D eigenvalue weighted by molar-refractivity contribution is 7.12. The molecule has 2 rings (SSSR count). The second kappa shape index (κ2) is 5.89.